The average Bonchev–Trinajstić information content (AvgIpc) is 2.32. The van der Waals surface area contributed by atoms with Gasteiger partial charge in [-0.25, -0.2) is 4.39 Å². The van der Waals surface area contributed by atoms with Crippen LogP contribution in [0.2, 0.25) is 5.02 Å². The predicted molar refractivity (Wildman–Crippen MR) is 74.2 cm³/mol. The Morgan fingerprint density at radius 3 is 2.61 bits per heavy atom. The van der Waals surface area contributed by atoms with E-state index in [-0.39, 0.29) is 5.02 Å². The van der Waals surface area contributed by atoms with Crippen LogP contribution in [0.1, 0.15) is 17.2 Å². The molecule has 0 saturated heterocycles. The Morgan fingerprint density at radius 1 is 1.22 bits per heavy atom. The van der Waals surface area contributed by atoms with Crippen LogP contribution in [-0.2, 0) is 6.42 Å². The molecule has 4 heteroatoms. The minimum atomic E-state index is -0.753. The third-order valence-electron chi connectivity index (χ3n) is 2.69. The molecule has 1 nitrogen and oxygen atoms in total. The van der Waals surface area contributed by atoms with Crippen LogP contribution in [0.15, 0.2) is 46.9 Å². The summed E-state index contributed by atoms with van der Waals surface area (Å²) < 4.78 is 13.9. The lowest BCUT2D eigenvalue weighted by molar-refractivity contribution is 0.178. The molecule has 94 valence electrons. The van der Waals surface area contributed by atoms with Crippen molar-refractivity contribution in [2.75, 3.05) is 0 Å². The molecule has 2 aromatic carbocycles. The standard InChI is InChI=1S/C14H11BrClFO/c15-12-4-2-1-3-9(12)7-14(18)11-6-5-10(17)8-13(11)16/h1-6,8,14,18H,7H2. The molecule has 0 heterocycles. The van der Waals surface area contributed by atoms with E-state index >= 15 is 0 Å². The summed E-state index contributed by atoms with van der Waals surface area (Å²) in [7, 11) is 0. The van der Waals surface area contributed by atoms with Gasteiger partial charge in [0.15, 0.2) is 0 Å². The normalized spacial score (nSPS) is 12.4. The highest BCUT2D eigenvalue weighted by molar-refractivity contribution is 9.10. The minimum absolute atomic E-state index is 0.245. The minimum Gasteiger partial charge on any atom is -0.388 e. The second kappa shape index (κ2) is 5.83. The van der Waals surface area contributed by atoms with Crippen molar-refractivity contribution in [1.29, 1.82) is 0 Å². The van der Waals surface area contributed by atoms with Gasteiger partial charge in [0.1, 0.15) is 5.82 Å². The van der Waals surface area contributed by atoms with Gasteiger partial charge in [-0.1, -0.05) is 51.8 Å². The lowest BCUT2D eigenvalue weighted by Gasteiger charge is -2.13. The van der Waals surface area contributed by atoms with Crippen LogP contribution < -0.4 is 0 Å². The van der Waals surface area contributed by atoms with E-state index in [4.69, 9.17) is 11.6 Å². The molecule has 0 aliphatic carbocycles. The topological polar surface area (TPSA) is 20.2 Å². The van der Waals surface area contributed by atoms with Crippen LogP contribution in [0, 0.1) is 5.82 Å². The van der Waals surface area contributed by atoms with Crippen molar-refractivity contribution >= 4 is 27.5 Å². The molecule has 0 aliphatic rings. The summed E-state index contributed by atoms with van der Waals surface area (Å²) in [6, 6.07) is 11.7. The van der Waals surface area contributed by atoms with Crippen molar-refractivity contribution in [2.45, 2.75) is 12.5 Å². The molecule has 0 amide bonds. The van der Waals surface area contributed by atoms with Crippen molar-refractivity contribution in [3.63, 3.8) is 0 Å². The van der Waals surface area contributed by atoms with Crippen LogP contribution in [0.5, 0.6) is 0 Å². The lowest BCUT2D eigenvalue weighted by Crippen LogP contribution is -2.03. The van der Waals surface area contributed by atoms with Crippen molar-refractivity contribution in [2.24, 2.45) is 0 Å². The summed E-state index contributed by atoms with van der Waals surface area (Å²) in [5.74, 6) is -0.406. The van der Waals surface area contributed by atoms with Crippen molar-refractivity contribution in [3.05, 3.63) is 68.9 Å². The van der Waals surface area contributed by atoms with E-state index in [2.05, 4.69) is 15.9 Å². The Labute approximate surface area is 118 Å². The van der Waals surface area contributed by atoms with Gasteiger partial charge in [0.2, 0.25) is 0 Å². The highest BCUT2D eigenvalue weighted by atomic mass is 79.9. The fraction of sp³-hybridized carbons (Fsp3) is 0.143. The zero-order chi connectivity index (χ0) is 13.1. The Bertz CT molecular complexity index is 559. The molecule has 0 spiro atoms. The van der Waals surface area contributed by atoms with Crippen molar-refractivity contribution < 1.29 is 9.50 Å². The van der Waals surface area contributed by atoms with Crippen LogP contribution in [-0.4, -0.2) is 5.11 Å². The maximum atomic E-state index is 12.9. The van der Waals surface area contributed by atoms with Gasteiger partial charge in [0.25, 0.3) is 0 Å². The molecular formula is C14H11BrClFO. The molecule has 1 N–H and O–H groups in total. The number of hydrogen-bond acceptors (Lipinski definition) is 1. The number of rotatable bonds is 3. The fourth-order valence-corrected chi connectivity index (χ4v) is 2.49. The first-order valence-electron chi connectivity index (χ1n) is 5.44. The lowest BCUT2D eigenvalue weighted by atomic mass is 10.0. The van der Waals surface area contributed by atoms with Gasteiger partial charge < -0.3 is 5.11 Å². The fourth-order valence-electron chi connectivity index (χ4n) is 1.75. The van der Waals surface area contributed by atoms with Gasteiger partial charge in [-0.15, -0.1) is 0 Å². The molecule has 0 saturated carbocycles. The van der Waals surface area contributed by atoms with Gasteiger partial charge in [-0.3, -0.25) is 0 Å². The summed E-state index contributed by atoms with van der Waals surface area (Å²) in [6.45, 7) is 0. The van der Waals surface area contributed by atoms with Crippen LogP contribution in [0.3, 0.4) is 0 Å². The number of aliphatic hydroxyl groups excluding tert-OH is 1. The number of halogens is 3. The second-order valence-electron chi connectivity index (χ2n) is 3.98. The van der Waals surface area contributed by atoms with Gasteiger partial charge >= 0.3 is 0 Å². The Hall–Kier alpha value is -0.900. The van der Waals surface area contributed by atoms with E-state index in [1.54, 1.807) is 0 Å². The zero-order valence-corrected chi connectivity index (χ0v) is 11.7. The van der Waals surface area contributed by atoms with E-state index in [9.17, 15) is 9.50 Å². The quantitative estimate of drug-likeness (QED) is 0.878. The number of aliphatic hydroxyl groups is 1. The van der Waals surface area contributed by atoms with Crippen molar-refractivity contribution in [1.82, 2.24) is 0 Å². The van der Waals surface area contributed by atoms with E-state index < -0.39 is 11.9 Å². The van der Waals surface area contributed by atoms with Crippen molar-refractivity contribution in [3.8, 4) is 0 Å². The SMILES string of the molecule is OC(Cc1ccccc1Br)c1ccc(F)cc1Cl. The molecule has 0 aromatic heterocycles. The Morgan fingerprint density at radius 2 is 1.94 bits per heavy atom. The third kappa shape index (κ3) is 3.10. The number of hydrogen-bond donors (Lipinski definition) is 1. The first kappa shape index (κ1) is 13.5. The van der Waals surface area contributed by atoms with E-state index in [0.717, 1.165) is 10.0 Å². The Balaban J connectivity index is 2.22. The highest BCUT2D eigenvalue weighted by Gasteiger charge is 2.14. The van der Waals surface area contributed by atoms with E-state index in [1.807, 2.05) is 24.3 Å². The largest absolute Gasteiger partial charge is 0.388 e. The molecule has 18 heavy (non-hydrogen) atoms. The molecule has 1 atom stereocenters. The second-order valence-corrected chi connectivity index (χ2v) is 5.24. The molecular weight excluding hydrogens is 319 g/mol. The Kier molecular flexibility index (Phi) is 4.38. The zero-order valence-electron chi connectivity index (χ0n) is 9.41. The monoisotopic (exact) mass is 328 g/mol. The van der Waals surface area contributed by atoms with Gasteiger partial charge in [-0.05, 0) is 29.3 Å². The molecule has 0 bridgehead atoms. The summed E-state index contributed by atoms with van der Waals surface area (Å²) >= 11 is 9.34. The molecule has 0 radical (unpaired) electrons. The summed E-state index contributed by atoms with van der Waals surface area (Å²) in [5.41, 5.74) is 1.51. The first-order valence-corrected chi connectivity index (χ1v) is 6.61. The van der Waals surface area contributed by atoms with E-state index in [0.29, 0.717) is 12.0 Å². The van der Waals surface area contributed by atoms with Crippen LogP contribution in [0.25, 0.3) is 0 Å². The average molecular weight is 330 g/mol. The maximum Gasteiger partial charge on any atom is 0.124 e. The van der Waals surface area contributed by atoms with Gasteiger partial charge in [0.05, 0.1) is 6.10 Å². The van der Waals surface area contributed by atoms with Crippen LogP contribution >= 0.6 is 27.5 Å². The van der Waals surface area contributed by atoms with Gasteiger partial charge in [-0.2, -0.15) is 0 Å². The molecule has 0 fully saturated rings. The van der Waals surface area contributed by atoms with E-state index in [1.165, 1.54) is 18.2 Å². The van der Waals surface area contributed by atoms with Gasteiger partial charge in [0, 0.05) is 15.9 Å². The summed E-state index contributed by atoms with van der Waals surface area (Å²) in [5, 5.41) is 10.4. The highest BCUT2D eigenvalue weighted by Crippen LogP contribution is 2.28. The predicted octanol–water partition coefficient (Wildman–Crippen LogP) is 4.52. The summed E-state index contributed by atoms with van der Waals surface area (Å²) in [6.07, 6.45) is -0.330. The molecule has 0 aliphatic heterocycles. The maximum absolute atomic E-state index is 12.9. The third-order valence-corrected chi connectivity index (χ3v) is 3.79. The first-order chi connectivity index (χ1) is 8.58. The smallest absolute Gasteiger partial charge is 0.124 e. The molecule has 2 aromatic rings. The molecule has 2 rings (SSSR count). The number of benzene rings is 2. The molecule has 1 unspecified atom stereocenters. The van der Waals surface area contributed by atoms with Crippen LogP contribution in [0.4, 0.5) is 4.39 Å². The summed E-state index contributed by atoms with van der Waals surface area (Å²) in [4.78, 5) is 0.